The topological polar surface area (TPSA) is 81.0 Å². The van der Waals surface area contributed by atoms with Crippen LogP contribution in [-0.2, 0) is 11.8 Å². The molecule has 2 heterocycles. The number of piperazine rings is 1. The maximum atomic E-state index is 14.9. The van der Waals surface area contributed by atoms with E-state index in [4.69, 9.17) is 11.6 Å². The number of aryl methyl sites for hydroxylation is 1. The molecule has 0 spiro atoms. The van der Waals surface area contributed by atoms with Gasteiger partial charge in [0.05, 0.1) is 10.7 Å². The molecule has 1 aliphatic heterocycles. The van der Waals surface area contributed by atoms with Crippen molar-refractivity contribution in [3.8, 4) is 28.0 Å². The first-order valence-electron chi connectivity index (χ1n) is 12.5. The number of pyridine rings is 1. The maximum absolute atomic E-state index is 14.9. The number of likely N-dealkylation sites (N-methyl/N-ethyl adjacent to an activating group) is 1. The van der Waals surface area contributed by atoms with Crippen molar-refractivity contribution in [2.75, 3.05) is 56.6 Å². The Hall–Kier alpha value is -3.40. The maximum Gasteiger partial charge on any atom is 0.273 e. The second-order valence-corrected chi connectivity index (χ2v) is 10.4. The third-order valence-electron chi connectivity index (χ3n) is 6.74. The molecule has 10 heteroatoms. The van der Waals surface area contributed by atoms with Gasteiger partial charge in [0, 0.05) is 68.7 Å². The van der Waals surface area contributed by atoms with Crippen LogP contribution < -0.4 is 20.7 Å². The van der Waals surface area contributed by atoms with Crippen molar-refractivity contribution in [1.29, 1.82) is 0 Å². The summed E-state index contributed by atoms with van der Waals surface area (Å²) < 4.78 is 16.4. The van der Waals surface area contributed by atoms with Crippen LogP contribution in [0.25, 0.3) is 22.3 Å². The van der Waals surface area contributed by atoms with Crippen molar-refractivity contribution in [2.45, 2.75) is 13.0 Å². The van der Waals surface area contributed by atoms with E-state index in [1.807, 2.05) is 23.9 Å². The van der Waals surface area contributed by atoms with Crippen LogP contribution in [0, 0.1) is 5.82 Å². The molecule has 0 aliphatic carbocycles. The van der Waals surface area contributed by atoms with Gasteiger partial charge in [0.15, 0.2) is 0 Å². The fourth-order valence-corrected chi connectivity index (χ4v) is 4.99. The number of phenols is 1. The second-order valence-electron chi connectivity index (χ2n) is 9.95. The van der Waals surface area contributed by atoms with Gasteiger partial charge in [-0.25, -0.2) is 4.39 Å². The molecule has 1 saturated heterocycles. The summed E-state index contributed by atoms with van der Waals surface area (Å²) in [6.45, 7) is 5.23. The standard InChI is InChI=1S/C28H33ClFN5O3/c1-18-15-34(8-7-31-18)26-12-20(16-33(4)28(26)38)23-14-21(30)13-22(27(23)37)19-5-6-25(24(29)11-19)35(17-36)10-9-32(2)3/h5-6,11-14,16-18,31,37H,7-10,15H2,1-4H3/t18-/m1/s1. The number of carbonyl (C=O) groups excluding carboxylic acids is 1. The highest BCUT2D eigenvalue weighted by atomic mass is 35.5. The first-order valence-corrected chi connectivity index (χ1v) is 12.8. The van der Waals surface area contributed by atoms with Gasteiger partial charge in [0.25, 0.3) is 5.56 Å². The van der Waals surface area contributed by atoms with E-state index in [0.29, 0.717) is 53.7 Å². The molecule has 4 rings (SSSR count). The largest absolute Gasteiger partial charge is 0.507 e. The zero-order valence-corrected chi connectivity index (χ0v) is 22.8. The molecule has 1 aromatic heterocycles. The number of aromatic hydroxyl groups is 1. The molecule has 3 aromatic rings. The van der Waals surface area contributed by atoms with Gasteiger partial charge in [-0.1, -0.05) is 17.7 Å². The Bertz CT molecular complexity index is 1390. The molecule has 0 saturated carbocycles. The lowest BCUT2D eigenvalue weighted by atomic mass is 9.97. The number of nitrogens with one attached hydrogen (secondary N) is 1. The molecule has 0 bridgehead atoms. The summed E-state index contributed by atoms with van der Waals surface area (Å²) in [5.74, 6) is -0.673. The van der Waals surface area contributed by atoms with E-state index in [1.54, 1.807) is 37.5 Å². The van der Waals surface area contributed by atoms with Gasteiger partial charge >= 0.3 is 0 Å². The quantitative estimate of drug-likeness (QED) is 0.425. The van der Waals surface area contributed by atoms with Crippen molar-refractivity contribution in [2.24, 2.45) is 7.05 Å². The summed E-state index contributed by atoms with van der Waals surface area (Å²) in [6, 6.07) is 9.42. The van der Waals surface area contributed by atoms with Crippen molar-refractivity contribution < 1.29 is 14.3 Å². The summed E-state index contributed by atoms with van der Waals surface area (Å²) in [4.78, 5) is 30.1. The highest BCUT2D eigenvalue weighted by molar-refractivity contribution is 6.34. The number of aromatic nitrogens is 1. The fraction of sp³-hybridized carbons (Fsp3) is 0.357. The highest BCUT2D eigenvalue weighted by Gasteiger charge is 2.22. The zero-order chi connectivity index (χ0) is 27.6. The van der Waals surface area contributed by atoms with Crippen molar-refractivity contribution >= 4 is 29.4 Å². The van der Waals surface area contributed by atoms with Crippen molar-refractivity contribution in [1.82, 2.24) is 14.8 Å². The Morgan fingerprint density at radius 3 is 2.50 bits per heavy atom. The Morgan fingerprint density at radius 2 is 1.87 bits per heavy atom. The van der Waals surface area contributed by atoms with Crippen LogP contribution in [0.5, 0.6) is 5.75 Å². The van der Waals surface area contributed by atoms with Crippen LogP contribution in [0.15, 0.2) is 47.4 Å². The summed E-state index contributed by atoms with van der Waals surface area (Å²) in [6.07, 6.45) is 2.32. The number of hydrogen-bond acceptors (Lipinski definition) is 6. The van der Waals surface area contributed by atoms with E-state index >= 15 is 0 Å². The summed E-state index contributed by atoms with van der Waals surface area (Å²) in [5, 5.41) is 15.0. The number of carbonyl (C=O) groups is 1. The lowest BCUT2D eigenvalue weighted by Gasteiger charge is -2.33. The third-order valence-corrected chi connectivity index (χ3v) is 7.05. The number of amides is 1. The predicted molar refractivity (Wildman–Crippen MR) is 151 cm³/mol. The Labute approximate surface area is 226 Å². The van der Waals surface area contributed by atoms with Gasteiger partial charge in [-0.3, -0.25) is 9.59 Å². The number of benzene rings is 2. The van der Waals surface area contributed by atoms with E-state index in [-0.39, 0.29) is 28.5 Å². The minimum atomic E-state index is -0.542. The van der Waals surface area contributed by atoms with Crippen LogP contribution >= 0.6 is 11.6 Å². The molecular weight excluding hydrogens is 509 g/mol. The molecule has 202 valence electrons. The van der Waals surface area contributed by atoms with E-state index < -0.39 is 5.82 Å². The average molecular weight is 542 g/mol. The molecule has 8 nitrogen and oxygen atoms in total. The first kappa shape index (κ1) is 27.6. The molecule has 1 amide bonds. The molecule has 2 aromatic carbocycles. The van der Waals surface area contributed by atoms with Gasteiger partial charge in [0.1, 0.15) is 17.3 Å². The molecule has 2 N–H and O–H groups in total. The Morgan fingerprint density at radius 1 is 1.16 bits per heavy atom. The molecular formula is C28H33ClFN5O3. The van der Waals surface area contributed by atoms with E-state index in [0.717, 1.165) is 13.0 Å². The normalized spacial score (nSPS) is 15.7. The second kappa shape index (κ2) is 11.6. The zero-order valence-electron chi connectivity index (χ0n) is 22.0. The lowest BCUT2D eigenvalue weighted by Crippen LogP contribution is -2.50. The molecule has 38 heavy (non-hydrogen) atoms. The Balaban J connectivity index is 1.75. The van der Waals surface area contributed by atoms with Gasteiger partial charge in [-0.15, -0.1) is 0 Å². The van der Waals surface area contributed by atoms with E-state index in [1.165, 1.54) is 21.6 Å². The fourth-order valence-electron chi connectivity index (χ4n) is 4.70. The highest BCUT2D eigenvalue weighted by Crippen LogP contribution is 2.41. The minimum Gasteiger partial charge on any atom is -0.507 e. The van der Waals surface area contributed by atoms with Crippen LogP contribution in [0.4, 0.5) is 15.8 Å². The Kier molecular flexibility index (Phi) is 8.40. The van der Waals surface area contributed by atoms with Crippen LogP contribution in [-0.4, -0.2) is 73.8 Å². The molecule has 1 fully saturated rings. The number of phenolic OH excluding ortho intramolecular Hbond substituents is 1. The monoisotopic (exact) mass is 541 g/mol. The lowest BCUT2D eigenvalue weighted by molar-refractivity contribution is -0.107. The molecule has 0 radical (unpaired) electrons. The number of halogens is 2. The first-order chi connectivity index (χ1) is 18.1. The number of hydrogen-bond donors (Lipinski definition) is 2. The van der Waals surface area contributed by atoms with E-state index in [9.17, 15) is 19.1 Å². The number of anilines is 2. The van der Waals surface area contributed by atoms with Gasteiger partial charge in [-0.05, 0) is 56.9 Å². The molecule has 1 aliphatic rings. The third kappa shape index (κ3) is 5.85. The van der Waals surface area contributed by atoms with Crippen molar-refractivity contribution in [3.63, 3.8) is 0 Å². The van der Waals surface area contributed by atoms with Gasteiger partial charge in [-0.2, -0.15) is 0 Å². The number of rotatable bonds is 8. The molecule has 0 unspecified atom stereocenters. The summed E-state index contributed by atoms with van der Waals surface area (Å²) in [7, 11) is 5.47. The van der Waals surface area contributed by atoms with Crippen LogP contribution in [0.1, 0.15) is 6.92 Å². The summed E-state index contributed by atoms with van der Waals surface area (Å²) in [5.41, 5.74) is 2.40. The van der Waals surface area contributed by atoms with Crippen LogP contribution in [0.2, 0.25) is 5.02 Å². The van der Waals surface area contributed by atoms with Gasteiger partial charge in [0.2, 0.25) is 6.41 Å². The minimum absolute atomic E-state index is 0.131. The van der Waals surface area contributed by atoms with Crippen LogP contribution in [0.3, 0.4) is 0 Å². The number of nitrogens with zero attached hydrogens (tertiary/aromatic N) is 4. The van der Waals surface area contributed by atoms with E-state index in [2.05, 4.69) is 12.2 Å². The molecule has 1 atom stereocenters. The predicted octanol–water partition coefficient (Wildman–Crippen LogP) is 3.54. The smallest absolute Gasteiger partial charge is 0.273 e. The van der Waals surface area contributed by atoms with Gasteiger partial charge < -0.3 is 29.7 Å². The summed E-state index contributed by atoms with van der Waals surface area (Å²) >= 11 is 6.54. The average Bonchev–Trinajstić information content (AvgIpc) is 2.87. The van der Waals surface area contributed by atoms with Crippen molar-refractivity contribution in [3.05, 3.63) is 63.8 Å². The SMILES string of the molecule is C[C@@H]1CN(c2cc(-c3cc(F)cc(-c4ccc(N(C=O)CCN(C)C)c(Cl)c4)c3O)cn(C)c2=O)CCN1.